The number of aromatic hydroxyl groups is 3. The quantitative estimate of drug-likeness (QED) is 0.183. The molecule has 3 atom stereocenters. The number of nitrogens with two attached hydrogens (primary N) is 3. The molecule has 12 heteroatoms. The van der Waals surface area contributed by atoms with Gasteiger partial charge in [-0.3, -0.25) is 14.4 Å². The highest BCUT2D eigenvalue weighted by Crippen LogP contribution is 2.12. The molecule has 3 aromatic rings. The molecule has 12 nitrogen and oxygen atoms in total. The predicted molar refractivity (Wildman–Crippen MR) is 142 cm³/mol. The van der Waals surface area contributed by atoms with E-state index in [1.165, 1.54) is 36.4 Å². The van der Waals surface area contributed by atoms with E-state index in [-0.39, 0.29) is 36.5 Å². The van der Waals surface area contributed by atoms with Crippen molar-refractivity contribution in [2.45, 2.75) is 37.4 Å². The Bertz CT molecular complexity index is 1030. The van der Waals surface area contributed by atoms with Gasteiger partial charge in [0.05, 0.1) is 0 Å². The molecule has 0 saturated carbocycles. The van der Waals surface area contributed by atoms with Gasteiger partial charge in [0.2, 0.25) is 0 Å². The Kier molecular flexibility index (Phi) is 13.5. The smallest absolute Gasteiger partial charge is 0.320 e. The molecule has 0 bridgehead atoms. The van der Waals surface area contributed by atoms with Crippen LogP contribution in [0.25, 0.3) is 0 Å². The molecular weight excluding hydrogens is 510 g/mol. The molecule has 0 spiro atoms. The van der Waals surface area contributed by atoms with E-state index in [2.05, 4.69) is 0 Å². The first-order valence-electron chi connectivity index (χ1n) is 11.6. The number of hydrogen-bond acceptors (Lipinski definition) is 9. The van der Waals surface area contributed by atoms with Crippen molar-refractivity contribution in [1.82, 2.24) is 0 Å². The van der Waals surface area contributed by atoms with E-state index in [0.717, 1.165) is 16.7 Å². The summed E-state index contributed by atoms with van der Waals surface area (Å²) in [6.45, 7) is 0. The van der Waals surface area contributed by atoms with E-state index in [1.807, 2.05) is 0 Å². The maximum Gasteiger partial charge on any atom is 0.320 e. The Labute approximate surface area is 224 Å². The van der Waals surface area contributed by atoms with Gasteiger partial charge >= 0.3 is 17.9 Å². The molecule has 0 fully saturated rings. The maximum atomic E-state index is 10.4. The monoisotopic (exact) mass is 543 g/mol. The van der Waals surface area contributed by atoms with Crippen LogP contribution in [0.2, 0.25) is 0 Å². The Hall–Kier alpha value is -4.65. The Balaban J connectivity index is 0.000000292. The average Bonchev–Trinajstić information content (AvgIpc) is 2.88. The highest BCUT2D eigenvalue weighted by Gasteiger charge is 2.13. The van der Waals surface area contributed by atoms with Crippen molar-refractivity contribution in [1.29, 1.82) is 0 Å². The number of carbonyl (C=O) groups is 3. The third-order valence-corrected chi connectivity index (χ3v) is 5.13. The third kappa shape index (κ3) is 13.5. The molecule has 12 N–H and O–H groups in total. The molecule has 3 rings (SSSR count). The number of carboxylic acids is 3. The topological polar surface area (TPSA) is 251 Å². The van der Waals surface area contributed by atoms with Crippen LogP contribution in [0.5, 0.6) is 17.2 Å². The van der Waals surface area contributed by atoms with Gasteiger partial charge in [-0.25, -0.2) is 0 Å². The largest absolute Gasteiger partial charge is 0.508 e. The van der Waals surface area contributed by atoms with Crippen molar-refractivity contribution in [3.8, 4) is 17.2 Å². The minimum Gasteiger partial charge on any atom is -0.508 e. The molecule has 0 heterocycles. The second-order valence-electron chi connectivity index (χ2n) is 8.45. The second-order valence-corrected chi connectivity index (χ2v) is 8.45. The molecule has 3 unspecified atom stereocenters. The summed E-state index contributed by atoms with van der Waals surface area (Å²) in [6, 6.07) is 16.3. The van der Waals surface area contributed by atoms with Crippen molar-refractivity contribution in [3.63, 3.8) is 0 Å². The molecule has 0 aliphatic carbocycles. The number of benzene rings is 3. The van der Waals surface area contributed by atoms with Gasteiger partial charge in [-0.2, -0.15) is 0 Å². The minimum atomic E-state index is -1.02. The van der Waals surface area contributed by atoms with Crippen LogP contribution in [-0.2, 0) is 33.6 Å². The van der Waals surface area contributed by atoms with Gasteiger partial charge in [0, 0.05) is 0 Å². The van der Waals surface area contributed by atoms with Crippen molar-refractivity contribution in [2.75, 3.05) is 0 Å². The van der Waals surface area contributed by atoms with Gasteiger partial charge < -0.3 is 47.8 Å². The lowest BCUT2D eigenvalue weighted by atomic mass is 10.1. The van der Waals surface area contributed by atoms with E-state index < -0.39 is 36.0 Å². The summed E-state index contributed by atoms with van der Waals surface area (Å²) in [4.78, 5) is 31.2. The molecule has 0 radical (unpaired) electrons. The van der Waals surface area contributed by atoms with E-state index in [1.54, 1.807) is 36.4 Å². The highest BCUT2D eigenvalue weighted by molar-refractivity contribution is 5.74. The first-order chi connectivity index (χ1) is 18.3. The summed E-state index contributed by atoms with van der Waals surface area (Å²) in [6.07, 6.45) is 0.820. The zero-order valence-corrected chi connectivity index (χ0v) is 20.9. The predicted octanol–water partition coefficient (Wildman–Crippen LogP) is 1.04. The molecule has 0 aromatic heterocycles. The Morgan fingerprint density at radius 1 is 0.462 bits per heavy atom. The van der Waals surface area contributed by atoms with Crippen LogP contribution >= 0.6 is 0 Å². The van der Waals surface area contributed by atoms with E-state index >= 15 is 0 Å². The van der Waals surface area contributed by atoms with Crippen LogP contribution in [0.15, 0.2) is 72.8 Å². The molecule has 3 aromatic carbocycles. The summed E-state index contributed by atoms with van der Waals surface area (Å²) >= 11 is 0. The lowest BCUT2D eigenvalue weighted by molar-refractivity contribution is -0.139. The van der Waals surface area contributed by atoms with Crippen LogP contribution in [0.1, 0.15) is 16.7 Å². The standard InChI is InChI=1S/3C9H11NO3/c3*10-8(9(12)13)5-6-1-3-7(11)4-2-6/h3*1-4,8,11H,5,10H2,(H,12,13). The Morgan fingerprint density at radius 2 is 0.641 bits per heavy atom. The SMILES string of the molecule is NC(Cc1ccc(O)cc1)C(=O)O.NC(Cc1ccc(O)cc1)C(=O)O.NC(Cc1ccc(O)cc1)C(=O)O. The summed E-state index contributed by atoms with van der Waals surface area (Å²) in [5.41, 5.74) is 18.4. The molecule has 0 aliphatic heterocycles. The van der Waals surface area contributed by atoms with Gasteiger partial charge in [-0.15, -0.1) is 0 Å². The number of rotatable bonds is 9. The summed E-state index contributed by atoms with van der Waals surface area (Å²) in [5, 5.41) is 52.4. The van der Waals surface area contributed by atoms with Gasteiger partial charge in [0.15, 0.2) is 0 Å². The highest BCUT2D eigenvalue weighted by atomic mass is 16.4. The zero-order chi connectivity index (χ0) is 29.5. The lowest BCUT2D eigenvalue weighted by Crippen LogP contribution is -2.32. The van der Waals surface area contributed by atoms with Gasteiger partial charge in [-0.1, -0.05) is 36.4 Å². The van der Waals surface area contributed by atoms with E-state index in [4.69, 9.17) is 47.8 Å². The van der Waals surface area contributed by atoms with Crippen LogP contribution in [0.3, 0.4) is 0 Å². The van der Waals surface area contributed by atoms with Gasteiger partial charge in [0.25, 0.3) is 0 Å². The Morgan fingerprint density at radius 3 is 0.795 bits per heavy atom. The van der Waals surface area contributed by atoms with Crippen LogP contribution < -0.4 is 17.2 Å². The normalized spacial score (nSPS) is 12.4. The number of phenolic OH excluding ortho intramolecular Hbond substituents is 3. The molecule has 210 valence electrons. The third-order valence-electron chi connectivity index (χ3n) is 5.13. The summed E-state index contributed by atoms with van der Waals surface area (Å²) < 4.78 is 0. The molecule has 39 heavy (non-hydrogen) atoms. The maximum absolute atomic E-state index is 10.4. The van der Waals surface area contributed by atoms with E-state index in [0.29, 0.717) is 0 Å². The lowest BCUT2D eigenvalue weighted by Gasteiger charge is -2.05. The van der Waals surface area contributed by atoms with Crippen molar-refractivity contribution in [2.24, 2.45) is 17.2 Å². The molecule has 0 amide bonds. The summed E-state index contributed by atoms with van der Waals surface area (Å²) in [7, 11) is 0. The first kappa shape index (κ1) is 32.4. The van der Waals surface area contributed by atoms with Crippen LogP contribution in [0.4, 0.5) is 0 Å². The van der Waals surface area contributed by atoms with Crippen molar-refractivity contribution < 1.29 is 45.0 Å². The number of aliphatic carboxylic acids is 3. The minimum absolute atomic E-state index is 0.160. The van der Waals surface area contributed by atoms with Gasteiger partial charge in [0.1, 0.15) is 35.4 Å². The number of carboxylic acid groups (broad SMARTS) is 3. The second kappa shape index (κ2) is 16.2. The van der Waals surface area contributed by atoms with Crippen molar-refractivity contribution in [3.05, 3.63) is 89.5 Å². The average molecular weight is 544 g/mol. The fraction of sp³-hybridized carbons (Fsp3) is 0.222. The number of phenols is 3. The van der Waals surface area contributed by atoms with Gasteiger partial charge in [-0.05, 0) is 72.4 Å². The van der Waals surface area contributed by atoms with E-state index in [9.17, 15) is 14.4 Å². The fourth-order valence-corrected chi connectivity index (χ4v) is 2.92. The van der Waals surface area contributed by atoms with Crippen molar-refractivity contribution >= 4 is 17.9 Å². The summed E-state index contributed by atoms with van der Waals surface area (Å²) in [5.74, 6) is -2.58. The fourth-order valence-electron chi connectivity index (χ4n) is 2.92. The molecule has 0 saturated heterocycles. The molecule has 0 aliphatic rings. The molecular formula is C27H33N3O9. The first-order valence-corrected chi connectivity index (χ1v) is 11.6. The van der Waals surface area contributed by atoms with Crippen LogP contribution in [0, 0.1) is 0 Å². The zero-order valence-electron chi connectivity index (χ0n) is 20.9. The van der Waals surface area contributed by atoms with Crippen LogP contribution in [-0.4, -0.2) is 66.7 Å². The number of hydrogen-bond donors (Lipinski definition) is 9.